The molecule has 0 saturated carbocycles. The Bertz CT molecular complexity index is 1470. The highest BCUT2D eigenvalue weighted by Crippen LogP contribution is 2.44. The first-order valence-corrected chi connectivity index (χ1v) is 11.8. The molecule has 0 bridgehead atoms. The molecule has 1 amide bonds. The minimum Gasteiger partial charge on any atom is -0.455 e. The summed E-state index contributed by atoms with van der Waals surface area (Å²) in [6.07, 6.45) is 0.868. The van der Waals surface area contributed by atoms with Crippen LogP contribution >= 0.6 is 11.8 Å². The summed E-state index contributed by atoms with van der Waals surface area (Å²) in [7, 11) is 0. The number of rotatable bonds is 4. The van der Waals surface area contributed by atoms with Crippen LogP contribution in [0.2, 0.25) is 0 Å². The van der Waals surface area contributed by atoms with Crippen LogP contribution in [-0.4, -0.2) is 32.3 Å². The first-order valence-electron chi connectivity index (χ1n) is 10.6. The first-order chi connectivity index (χ1) is 16.9. The van der Waals surface area contributed by atoms with E-state index in [0.29, 0.717) is 44.7 Å². The van der Waals surface area contributed by atoms with Gasteiger partial charge < -0.3 is 9.15 Å². The van der Waals surface area contributed by atoms with E-state index in [9.17, 15) is 14.9 Å². The van der Waals surface area contributed by atoms with Gasteiger partial charge in [-0.2, -0.15) is 4.98 Å². The molecular weight excluding hydrogens is 470 g/mol. The summed E-state index contributed by atoms with van der Waals surface area (Å²) < 4.78 is 12.4. The first kappa shape index (κ1) is 22.5. The summed E-state index contributed by atoms with van der Waals surface area (Å²) in [5.74, 6) is 0.815. The average Bonchev–Trinajstić information content (AvgIpc) is 3.27. The molecule has 0 aliphatic carbocycles. The number of benzene rings is 2. The van der Waals surface area contributed by atoms with Gasteiger partial charge in [-0.15, -0.1) is 10.2 Å². The molecule has 4 aromatic rings. The molecule has 10 nitrogen and oxygen atoms in total. The Morgan fingerprint density at radius 1 is 1.11 bits per heavy atom. The van der Waals surface area contributed by atoms with Crippen molar-refractivity contribution >= 4 is 29.0 Å². The third kappa shape index (κ3) is 3.99. The third-order valence-corrected chi connectivity index (χ3v) is 6.13. The normalized spacial score (nSPS) is 14.5. The maximum atomic E-state index is 12.9. The number of hydrogen-bond donors (Lipinski definition) is 0. The van der Waals surface area contributed by atoms with E-state index < -0.39 is 11.2 Å². The number of anilines is 1. The minimum absolute atomic E-state index is 0.00196. The smallest absolute Gasteiger partial charge is 0.269 e. The molecule has 1 aliphatic rings. The molecule has 2 aromatic carbocycles. The van der Waals surface area contributed by atoms with E-state index >= 15 is 0 Å². The number of hydrogen-bond acceptors (Lipinski definition) is 9. The van der Waals surface area contributed by atoms with E-state index in [4.69, 9.17) is 9.15 Å². The number of aromatic nitrogens is 3. The molecule has 0 unspecified atom stereocenters. The van der Waals surface area contributed by atoms with Crippen LogP contribution in [0.1, 0.15) is 24.5 Å². The number of thioether (sulfide) groups is 1. The Hall–Kier alpha value is -4.25. The van der Waals surface area contributed by atoms with Crippen molar-refractivity contribution in [2.75, 3.05) is 11.2 Å². The Morgan fingerprint density at radius 3 is 2.63 bits per heavy atom. The van der Waals surface area contributed by atoms with Crippen LogP contribution < -0.4 is 9.64 Å². The maximum Gasteiger partial charge on any atom is 0.269 e. The molecule has 3 heterocycles. The number of para-hydroxylation sites is 1. The van der Waals surface area contributed by atoms with Gasteiger partial charge in [-0.25, -0.2) is 0 Å². The van der Waals surface area contributed by atoms with Crippen LogP contribution in [0.4, 0.5) is 11.4 Å². The molecule has 0 N–H and O–H groups in total. The Kier molecular flexibility index (Phi) is 5.69. The summed E-state index contributed by atoms with van der Waals surface area (Å²) in [6.45, 7) is 3.22. The fourth-order valence-electron chi connectivity index (χ4n) is 3.99. The van der Waals surface area contributed by atoms with Crippen molar-refractivity contribution in [3.8, 4) is 28.5 Å². The van der Waals surface area contributed by atoms with Gasteiger partial charge in [0.05, 0.1) is 10.6 Å². The SMILES string of the molecule is CSc1nnc2c(n1)O[C@@H](c1ccc(-c3ccc([N+](=O)[O-])cc3C)o1)N(C(C)=O)c1ccccc1-2. The van der Waals surface area contributed by atoms with Crippen LogP contribution in [0.25, 0.3) is 22.6 Å². The summed E-state index contributed by atoms with van der Waals surface area (Å²) in [6, 6.07) is 15.3. The Labute approximate surface area is 204 Å². The van der Waals surface area contributed by atoms with Crippen molar-refractivity contribution in [1.29, 1.82) is 0 Å². The van der Waals surface area contributed by atoms with E-state index in [2.05, 4.69) is 15.2 Å². The lowest BCUT2D eigenvalue weighted by Crippen LogP contribution is -2.35. The fraction of sp³-hybridized carbons (Fsp3) is 0.167. The molecule has 0 saturated heterocycles. The van der Waals surface area contributed by atoms with Gasteiger partial charge in [0.25, 0.3) is 5.69 Å². The number of carbonyl (C=O) groups excluding carboxylic acids is 1. The van der Waals surface area contributed by atoms with Gasteiger partial charge in [0.1, 0.15) is 5.76 Å². The predicted molar refractivity (Wildman–Crippen MR) is 129 cm³/mol. The van der Waals surface area contributed by atoms with Crippen LogP contribution in [0, 0.1) is 17.0 Å². The van der Waals surface area contributed by atoms with Gasteiger partial charge in [-0.3, -0.25) is 19.8 Å². The standard InChI is InChI=1S/C24H19N5O5S/c1-13-12-15(29(31)32)8-9-16(13)19-10-11-20(33-19)23-28(14(2)30)18-7-5-4-6-17(18)21-22(34-23)25-24(35-3)27-26-21/h4-12,23H,1-3H3/t23-/m0/s1. The average molecular weight is 490 g/mol. The third-order valence-electron chi connectivity index (χ3n) is 5.59. The number of nitro groups is 1. The summed E-state index contributed by atoms with van der Waals surface area (Å²) in [4.78, 5) is 29.5. The molecule has 11 heteroatoms. The van der Waals surface area contributed by atoms with Gasteiger partial charge >= 0.3 is 0 Å². The molecule has 1 aliphatic heterocycles. The highest BCUT2D eigenvalue weighted by Gasteiger charge is 2.36. The lowest BCUT2D eigenvalue weighted by Gasteiger charge is -2.28. The molecule has 0 radical (unpaired) electrons. The highest BCUT2D eigenvalue weighted by atomic mass is 32.2. The number of non-ortho nitro benzene ring substituents is 1. The van der Waals surface area contributed by atoms with Gasteiger partial charge in [-0.1, -0.05) is 30.0 Å². The quantitative estimate of drug-likeness (QED) is 0.216. The minimum atomic E-state index is -0.964. The van der Waals surface area contributed by atoms with Crippen molar-refractivity contribution in [2.45, 2.75) is 25.2 Å². The second kappa shape index (κ2) is 8.84. The maximum absolute atomic E-state index is 12.9. The number of furan rings is 1. The topological polar surface area (TPSA) is 124 Å². The van der Waals surface area contributed by atoms with E-state index in [-0.39, 0.29) is 17.5 Å². The van der Waals surface area contributed by atoms with Gasteiger partial charge in [0, 0.05) is 30.2 Å². The summed E-state index contributed by atoms with van der Waals surface area (Å²) in [5, 5.41) is 20.0. The largest absolute Gasteiger partial charge is 0.455 e. The molecule has 5 rings (SSSR count). The van der Waals surface area contributed by atoms with Crippen LogP contribution in [0.5, 0.6) is 5.88 Å². The number of aryl methyl sites for hydroxylation is 1. The molecule has 176 valence electrons. The van der Waals surface area contributed by atoms with Crippen LogP contribution in [0.15, 0.2) is 64.2 Å². The molecule has 0 fully saturated rings. The number of amides is 1. The number of ether oxygens (including phenoxy) is 1. The second-order valence-electron chi connectivity index (χ2n) is 7.79. The van der Waals surface area contributed by atoms with Crippen LogP contribution in [-0.2, 0) is 4.79 Å². The van der Waals surface area contributed by atoms with Crippen LogP contribution in [0.3, 0.4) is 0 Å². The van der Waals surface area contributed by atoms with Crippen molar-refractivity contribution in [3.63, 3.8) is 0 Å². The number of nitrogens with zero attached hydrogens (tertiary/aromatic N) is 5. The second-order valence-corrected chi connectivity index (χ2v) is 8.56. The highest BCUT2D eigenvalue weighted by molar-refractivity contribution is 7.98. The molecule has 1 atom stereocenters. The lowest BCUT2D eigenvalue weighted by atomic mass is 10.1. The Morgan fingerprint density at radius 2 is 1.91 bits per heavy atom. The molecule has 35 heavy (non-hydrogen) atoms. The zero-order valence-corrected chi connectivity index (χ0v) is 19.8. The number of nitro benzene ring substituents is 1. The summed E-state index contributed by atoms with van der Waals surface area (Å²) in [5.41, 5.74) is 3.04. The predicted octanol–water partition coefficient (Wildman–Crippen LogP) is 5.18. The van der Waals surface area contributed by atoms with Crippen molar-refractivity contribution in [2.24, 2.45) is 0 Å². The van der Waals surface area contributed by atoms with E-state index in [1.165, 1.54) is 35.7 Å². The van der Waals surface area contributed by atoms with Gasteiger partial charge in [0.15, 0.2) is 11.5 Å². The van der Waals surface area contributed by atoms with E-state index in [1.54, 1.807) is 31.2 Å². The molecule has 2 aromatic heterocycles. The fourth-order valence-corrected chi connectivity index (χ4v) is 4.29. The van der Waals surface area contributed by atoms with Crippen molar-refractivity contribution in [1.82, 2.24) is 15.2 Å². The zero-order valence-electron chi connectivity index (χ0n) is 19.0. The molecule has 0 spiro atoms. The number of carbonyl (C=O) groups is 1. The van der Waals surface area contributed by atoms with E-state index in [0.717, 1.165) is 0 Å². The monoisotopic (exact) mass is 489 g/mol. The van der Waals surface area contributed by atoms with E-state index in [1.807, 2.05) is 24.5 Å². The summed E-state index contributed by atoms with van der Waals surface area (Å²) >= 11 is 1.32. The van der Waals surface area contributed by atoms with Gasteiger partial charge in [0.2, 0.25) is 23.2 Å². The van der Waals surface area contributed by atoms with Crippen molar-refractivity contribution in [3.05, 3.63) is 76.0 Å². The lowest BCUT2D eigenvalue weighted by molar-refractivity contribution is -0.384. The Balaban J connectivity index is 1.63. The van der Waals surface area contributed by atoms with Crippen molar-refractivity contribution < 1.29 is 18.9 Å². The zero-order chi connectivity index (χ0) is 24.7. The molecular formula is C24H19N5O5S. The van der Waals surface area contributed by atoms with Gasteiger partial charge in [-0.05, 0) is 43.0 Å². The number of fused-ring (bicyclic) bond motifs is 3.